The topological polar surface area (TPSA) is 149 Å². The van der Waals surface area contributed by atoms with Gasteiger partial charge in [0.05, 0.1) is 33.4 Å². The number of carbonyl (C=O) groups excluding carboxylic acids is 3. The van der Waals surface area contributed by atoms with Crippen LogP contribution in [0.4, 0.5) is 5.69 Å². The number of carboxylic acids is 1. The summed E-state index contributed by atoms with van der Waals surface area (Å²) < 4.78 is 22.1. The van der Waals surface area contributed by atoms with Crippen molar-refractivity contribution in [2.75, 3.05) is 33.2 Å². The van der Waals surface area contributed by atoms with Gasteiger partial charge in [0.2, 0.25) is 17.2 Å². The minimum Gasteiger partial charge on any atom is -0.496 e. The number of nitrogens with one attached hydrogen (secondary N) is 2. The Kier molecular flexibility index (Phi) is 7.73. The molecular formula is C27H27ClN2O9. The number of rotatable bonds is 9. The van der Waals surface area contributed by atoms with Crippen molar-refractivity contribution >= 4 is 40.7 Å². The Hall–Kier alpha value is -4.25. The van der Waals surface area contributed by atoms with Gasteiger partial charge < -0.3 is 34.7 Å². The molecule has 0 saturated carbocycles. The minimum atomic E-state index is -1.83. The SMILES string of the molecule is COc1ccc(C(=O)NCCC(=O)O)cc1NC1=CC(=O)[C@@]2(Oc3c(Cl)c(OC)cc(OC)c3C2=O)[C@H](C)C1. The first-order chi connectivity index (χ1) is 18.6. The van der Waals surface area contributed by atoms with Crippen LogP contribution >= 0.6 is 11.6 Å². The van der Waals surface area contributed by atoms with Gasteiger partial charge in [-0.3, -0.25) is 19.2 Å². The average Bonchev–Trinajstić information content (AvgIpc) is 3.22. The highest BCUT2D eigenvalue weighted by atomic mass is 35.5. The van der Waals surface area contributed by atoms with Gasteiger partial charge in [-0.1, -0.05) is 18.5 Å². The minimum absolute atomic E-state index is 0.0285. The molecule has 2 aliphatic rings. The van der Waals surface area contributed by atoms with Crippen molar-refractivity contribution in [1.82, 2.24) is 5.32 Å². The molecule has 0 radical (unpaired) electrons. The van der Waals surface area contributed by atoms with E-state index in [-0.39, 0.29) is 52.8 Å². The summed E-state index contributed by atoms with van der Waals surface area (Å²) in [5.74, 6) is -2.37. The second-order valence-electron chi connectivity index (χ2n) is 9.04. The first-order valence-corrected chi connectivity index (χ1v) is 12.3. The highest BCUT2D eigenvalue weighted by Crippen LogP contribution is 2.53. The van der Waals surface area contributed by atoms with E-state index in [0.717, 1.165) is 0 Å². The molecule has 1 aliphatic carbocycles. The van der Waals surface area contributed by atoms with E-state index in [0.29, 0.717) is 17.1 Å². The lowest BCUT2D eigenvalue weighted by Crippen LogP contribution is -2.55. The second-order valence-corrected chi connectivity index (χ2v) is 9.42. The summed E-state index contributed by atoms with van der Waals surface area (Å²) in [6.45, 7) is 1.69. The molecule has 0 bridgehead atoms. The maximum atomic E-state index is 13.7. The number of hydrogen-bond donors (Lipinski definition) is 3. The number of fused-ring (bicyclic) bond motifs is 1. The fourth-order valence-corrected chi connectivity index (χ4v) is 4.99. The largest absolute Gasteiger partial charge is 0.496 e. The van der Waals surface area contributed by atoms with E-state index in [1.54, 1.807) is 13.0 Å². The third-order valence-corrected chi connectivity index (χ3v) is 7.05. The predicted molar refractivity (Wildman–Crippen MR) is 140 cm³/mol. The number of anilines is 1. The quantitative estimate of drug-likeness (QED) is 0.390. The zero-order chi connectivity index (χ0) is 28.5. The molecule has 1 heterocycles. The van der Waals surface area contributed by atoms with Crippen LogP contribution in [0.1, 0.15) is 40.5 Å². The maximum absolute atomic E-state index is 13.7. The van der Waals surface area contributed by atoms with Gasteiger partial charge >= 0.3 is 5.97 Å². The molecule has 4 rings (SSSR count). The standard InChI is InChI=1S/C27H27ClN2O9/c1-13-9-15(30-16-10-14(5-6-17(16)36-2)26(35)29-8-7-21(32)33)11-20(31)27(13)25(34)22-18(37-3)12-19(38-4)23(28)24(22)39-27/h5-6,10-13,30H,7-9H2,1-4H3,(H,29,35)(H,32,33)/t13-,27+/m1/s1. The van der Waals surface area contributed by atoms with Gasteiger partial charge in [0.1, 0.15) is 27.8 Å². The highest BCUT2D eigenvalue weighted by molar-refractivity contribution is 6.36. The molecule has 39 heavy (non-hydrogen) atoms. The number of amides is 1. The van der Waals surface area contributed by atoms with Gasteiger partial charge in [-0.25, -0.2) is 0 Å². The van der Waals surface area contributed by atoms with E-state index in [1.807, 2.05) is 0 Å². The van der Waals surface area contributed by atoms with Crippen molar-refractivity contribution in [2.24, 2.45) is 5.92 Å². The Balaban J connectivity index is 1.62. The Morgan fingerprint density at radius 3 is 2.41 bits per heavy atom. The highest BCUT2D eigenvalue weighted by Gasteiger charge is 2.60. The zero-order valence-corrected chi connectivity index (χ0v) is 22.4. The lowest BCUT2D eigenvalue weighted by molar-refractivity contribution is -0.136. The lowest BCUT2D eigenvalue weighted by atomic mass is 9.74. The molecule has 2 aromatic carbocycles. The van der Waals surface area contributed by atoms with Crippen LogP contribution in [-0.4, -0.2) is 62.0 Å². The molecule has 3 N–H and O–H groups in total. The van der Waals surface area contributed by atoms with Crippen molar-refractivity contribution in [3.05, 3.63) is 52.2 Å². The van der Waals surface area contributed by atoms with Crippen molar-refractivity contribution in [3.8, 4) is 23.0 Å². The smallest absolute Gasteiger partial charge is 0.305 e. The number of carboxylic acid groups (broad SMARTS) is 1. The number of aliphatic carboxylic acids is 1. The number of carbonyl (C=O) groups is 4. The fourth-order valence-electron chi connectivity index (χ4n) is 4.72. The summed E-state index contributed by atoms with van der Waals surface area (Å²) in [4.78, 5) is 50.4. The van der Waals surface area contributed by atoms with Gasteiger partial charge in [-0.2, -0.15) is 0 Å². The van der Waals surface area contributed by atoms with Crippen LogP contribution in [0.3, 0.4) is 0 Å². The molecule has 0 unspecified atom stereocenters. The van der Waals surface area contributed by atoms with Gasteiger partial charge in [0, 0.05) is 35.9 Å². The monoisotopic (exact) mass is 558 g/mol. The number of benzene rings is 2. The van der Waals surface area contributed by atoms with Gasteiger partial charge in [-0.05, 0) is 24.6 Å². The summed E-state index contributed by atoms with van der Waals surface area (Å²) in [7, 11) is 4.26. The first-order valence-electron chi connectivity index (χ1n) is 12.0. The lowest BCUT2D eigenvalue weighted by Gasteiger charge is -2.35. The van der Waals surface area contributed by atoms with Crippen LogP contribution in [-0.2, 0) is 9.59 Å². The molecular weight excluding hydrogens is 532 g/mol. The Morgan fingerprint density at radius 1 is 1.10 bits per heavy atom. The Morgan fingerprint density at radius 2 is 1.79 bits per heavy atom. The molecule has 2 atom stereocenters. The summed E-state index contributed by atoms with van der Waals surface area (Å²) in [5.41, 5.74) is -0.606. The van der Waals surface area contributed by atoms with E-state index in [4.69, 9.17) is 35.7 Å². The molecule has 1 aliphatic heterocycles. The van der Waals surface area contributed by atoms with Crippen LogP contribution in [0.2, 0.25) is 5.02 Å². The average molecular weight is 559 g/mol. The van der Waals surface area contributed by atoms with Gasteiger partial charge in [0.15, 0.2) is 5.75 Å². The fraction of sp³-hybridized carbons (Fsp3) is 0.333. The number of methoxy groups -OCH3 is 3. The summed E-state index contributed by atoms with van der Waals surface area (Å²) in [6.07, 6.45) is 1.32. The van der Waals surface area contributed by atoms with Crippen LogP contribution < -0.4 is 29.6 Å². The van der Waals surface area contributed by atoms with Gasteiger partial charge in [0.25, 0.3) is 5.91 Å². The van der Waals surface area contributed by atoms with Crippen molar-refractivity contribution in [2.45, 2.75) is 25.4 Å². The van der Waals surface area contributed by atoms with E-state index in [2.05, 4.69) is 10.6 Å². The molecule has 1 spiro atoms. The molecule has 1 amide bonds. The Labute approximate surface area is 229 Å². The van der Waals surface area contributed by atoms with Crippen molar-refractivity contribution in [3.63, 3.8) is 0 Å². The van der Waals surface area contributed by atoms with Crippen molar-refractivity contribution in [1.29, 1.82) is 0 Å². The van der Waals surface area contributed by atoms with E-state index < -0.39 is 35.0 Å². The molecule has 206 valence electrons. The molecule has 0 saturated heterocycles. The van der Waals surface area contributed by atoms with Crippen molar-refractivity contribution < 1.29 is 43.2 Å². The number of allylic oxidation sites excluding steroid dienone is 1. The maximum Gasteiger partial charge on any atom is 0.305 e. The van der Waals surface area contributed by atoms with Crippen LogP contribution in [0.25, 0.3) is 0 Å². The summed E-state index contributed by atoms with van der Waals surface area (Å²) in [6, 6.07) is 6.11. The number of hydrogen-bond acceptors (Lipinski definition) is 9. The summed E-state index contributed by atoms with van der Waals surface area (Å²) in [5, 5.41) is 14.5. The normalized spacial score (nSPS) is 19.6. The van der Waals surface area contributed by atoms with E-state index >= 15 is 0 Å². The van der Waals surface area contributed by atoms with Crippen LogP contribution in [0.15, 0.2) is 36.0 Å². The molecule has 2 aromatic rings. The second kappa shape index (κ2) is 10.9. The first kappa shape index (κ1) is 27.8. The van der Waals surface area contributed by atoms with Crippen LogP contribution in [0.5, 0.6) is 23.0 Å². The number of ether oxygens (including phenoxy) is 4. The van der Waals surface area contributed by atoms with Gasteiger partial charge in [-0.15, -0.1) is 0 Å². The zero-order valence-electron chi connectivity index (χ0n) is 21.7. The Bertz CT molecular complexity index is 1400. The molecule has 0 aromatic heterocycles. The molecule has 0 fully saturated rings. The summed E-state index contributed by atoms with van der Waals surface area (Å²) >= 11 is 6.43. The number of ketones is 2. The number of Topliss-reactive ketones (excluding diaryl/α,β-unsaturated/α-hetero) is 1. The predicted octanol–water partition coefficient (Wildman–Crippen LogP) is 3.49. The van der Waals surface area contributed by atoms with Crippen LogP contribution in [0, 0.1) is 5.92 Å². The molecule has 11 nitrogen and oxygen atoms in total. The van der Waals surface area contributed by atoms with E-state index in [1.165, 1.54) is 45.6 Å². The number of halogens is 1. The van der Waals surface area contributed by atoms with E-state index in [9.17, 15) is 19.2 Å². The third kappa shape index (κ3) is 4.85. The molecule has 12 heteroatoms. The third-order valence-electron chi connectivity index (χ3n) is 6.69.